The average molecular weight is 637 g/mol. The molecule has 220 valence electrons. The molecule has 0 aliphatic rings. The van der Waals surface area contributed by atoms with Crippen LogP contribution in [0.5, 0.6) is 0 Å². The number of nitrogens with one attached hydrogen (secondary N) is 1. The van der Waals surface area contributed by atoms with Gasteiger partial charge in [-0.25, -0.2) is 8.42 Å². The van der Waals surface area contributed by atoms with Crippen LogP contribution in [-0.4, -0.2) is 48.0 Å². The second-order valence-electron chi connectivity index (χ2n) is 10.2. The molecule has 8 nitrogen and oxygen atoms in total. The summed E-state index contributed by atoms with van der Waals surface area (Å²) in [7, 11) is -3.32. The predicted octanol–water partition coefficient (Wildman–Crippen LogP) is 6.89. The van der Waals surface area contributed by atoms with Crippen molar-refractivity contribution < 1.29 is 23.1 Å². The molecule has 1 heterocycles. The normalized spacial score (nSPS) is 12.3. The molecular weight excluding hydrogens is 609 g/mol. The fourth-order valence-electron chi connectivity index (χ4n) is 4.85. The Labute approximate surface area is 258 Å². The van der Waals surface area contributed by atoms with Crippen LogP contribution in [0.1, 0.15) is 35.3 Å². The van der Waals surface area contributed by atoms with Crippen LogP contribution in [0.4, 0.5) is 0 Å². The number of benzene rings is 4. The maximum atomic E-state index is 12.4. The largest absolute Gasteiger partial charge is 0.481 e. The van der Waals surface area contributed by atoms with E-state index < -0.39 is 15.8 Å². The lowest BCUT2D eigenvalue weighted by Crippen LogP contribution is -2.26. The first-order chi connectivity index (χ1) is 20.4. The molecule has 1 atom stereocenters. The van der Waals surface area contributed by atoms with E-state index in [1.807, 2.05) is 41.9 Å². The van der Waals surface area contributed by atoms with Crippen LogP contribution in [0.3, 0.4) is 0 Å². The molecule has 0 saturated carbocycles. The minimum atomic E-state index is -3.32. The quantitative estimate of drug-likeness (QED) is 0.182. The highest BCUT2D eigenvalue weighted by Gasteiger charge is 2.20. The molecule has 0 fully saturated rings. The van der Waals surface area contributed by atoms with Crippen molar-refractivity contribution in [3.05, 3.63) is 106 Å². The molecule has 2 N–H and O–H groups in total. The second kappa shape index (κ2) is 12.2. The zero-order chi connectivity index (χ0) is 30.9. The van der Waals surface area contributed by atoms with Crippen LogP contribution < -0.4 is 5.32 Å². The summed E-state index contributed by atoms with van der Waals surface area (Å²) in [5, 5.41) is 18.3. The van der Waals surface area contributed by atoms with Crippen LogP contribution in [0, 0.1) is 0 Å². The van der Waals surface area contributed by atoms with Gasteiger partial charge in [-0.1, -0.05) is 53.5 Å². The summed E-state index contributed by atoms with van der Waals surface area (Å²) in [4.78, 5) is 23.4. The Morgan fingerprint density at radius 1 is 0.884 bits per heavy atom. The summed E-state index contributed by atoms with van der Waals surface area (Å²) in [6.07, 6.45) is 1.02. The standard InChI is InChI=1S/C32H27Cl2N3O5S/c1-19(20-3-5-22(6-4-20)32(40)35-14-13-30(38)39)37-29-17-23(21-7-10-27(11-8-21)43(2,41)42)9-12-28(29)31(36-37)24-15-25(33)18-26(34)16-24/h3-12,15-19H,13-14H2,1-2H3,(H,35,40)(H,38,39)/t19-/m0/s1. The van der Waals surface area contributed by atoms with Crippen molar-refractivity contribution in [1.82, 2.24) is 15.1 Å². The molecule has 0 spiro atoms. The van der Waals surface area contributed by atoms with Gasteiger partial charge in [0.05, 0.1) is 22.9 Å². The molecule has 0 aliphatic carbocycles. The molecule has 1 aromatic heterocycles. The molecule has 43 heavy (non-hydrogen) atoms. The number of rotatable bonds is 9. The summed E-state index contributed by atoms with van der Waals surface area (Å²) in [6, 6.07) is 24.8. The van der Waals surface area contributed by atoms with Gasteiger partial charge < -0.3 is 10.4 Å². The van der Waals surface area contributed by atoms with E-state index in [2.05, 4.69) is 5.32 Å². The topological polar surface area (TPSA) is 118 Å². The molecule has 11 heteroatoms. The third kappa shape index (κ3) is 6.74. The van der Waals surface area contributed by atoms with Crippen LogP contribution in [0.25, 0.3) is 33.3 Å². The second-order valence-corrected chi connectivity index (χ2v) is 13.1. The van der Waals surface area contributed by atoms with E-state index >= 15 is 0 Å². The number of carbonyl (C=O) groups excluding carboxylic acids is 1. The number of hydrogen-bond acceptors (Lipinski definition) is 5. The number of amides is 1. The number of halogens is 2. The molecule has 0 unspecified atom stereocenters. The predicted molar refractivity (Wildman–Crippen MR) is 169 cm³/mol. The van der Waals surface area contributed by atoms with Gasteiger partial charge in [0.2, 0.25) is 0 Å². The zero-order valence-corrected chi connectivity index (χ0v) is 25.5. The van der Waals surface area contributed by atoms with E-state index in [1.165, 1.54) is 6.26 Å². The third-order valence-electron chi connectivity index (χ3n) is 7.11. The first-order valence-electron chi connectivity index (χ1n) is 13.3. The number of hydrogen-bond donors (Lipinski definition) is 2. The highest BCUT2D eigenvalue weighted by molar-refractivity contribution is 7.90. The van der Waals surface area contributed by atoms with E-state index in [-0.39, 0.29) is 29.8 Å². The first-order valence-corrected chi connectivity index (χ1v) is 15.9. The molecule has 5 aromatic rings. The van der Waals surface area contributed by atoms with Crippen LogP contribution >= 0.6 is 23.2 Å². The Balaban J connectivity index is 1.56. The number of nitrogens with zero attached hydrogens (tertiary/aromatic N) is 2. The minimum Gasteiger partial charge on any atom is -0.481 e. The van der Waals surface area contributed by atoms with Crippen LogP contribution in [-0.2, 0) is 14.6 Å². The van der Waals surface area contributed by atoms with Crippen LogP contribution in [0.2, 0.25) is 10.0 Å². The maximum absolute atomic E-state index is 12.4. The van der Waals surface area contributed by atoms with Gasteiger partial charge in [0.1, 0.15) is 5.69 Å². The number of carboxylic acid groups (broad SMARTS) is 1. The number of aromatic nitrogens is 2. The first kappa shape index (κ1) is 30.3. The Bertz CT molecular complexity index is 1930. The molecule has 5 rings (SSSR count). The number of carbonyl (C=O) groups is 2. The van der Waals surface area contributed by atoms with Crippen molar-refractivity contribution in [2.75, 3.05) is 12.8 Å². The van der Waals surface area contributed by atoms with E-state index in [0.29, 0.717) is 21.3 Å². The molecule has 0 aliphatic heterocycles. The molecule has 1 amide bonds. The SMILES string of the molecule is C[C@@H](c1ccc(C(=O)NCCC(=O)O)cc1)n1nc(-c2cc(Cl)cc(Cl)c2)c2ccc(-c3ccc(S(C)(=O)=O)cc3)cc21. The summed E-state index contributed by atoms with van der Waals surface area (Å²) >= 11 is 12.7. The van der Waals surface area contributed by atoms with Gasteiger partial charge in [-0.15, -0.1) is 0 Å². The molecular formula is C32H27Cl2N3O5S. The average Bonchev–Trinajstić information content (AvgIpc) is 3.35. The lowest BCUT2D eigenvalue weighted by Gasteiger charge is -2.15. The number of sulfone groups is 1. The van der Waals surface area contributed by atoms with E-state index in [9.17, 15) is 18.0 Å². The van der Waals surface area contributed by atoms with Gasteiger partial charge in [-0.05, 0) is 78.2 Å². The summed E-state index contributed by atoms with van der Waals surface area (Å²) in [5.41, 5.74) is 5.32. The molecule has 0 bridgehead atoms. The Morgan fingerprint density at radius 3 is 2.12 bits per heavy atom. The van der Waals surface area contributed by atoms with Gasteiger partial charge in [0.15, 0.2) is 9.84 Å². The molecule has 4 aromatic carbocycles. The van der Waals surface area contributed by atoms with Crippen LogP contribution in [0.15, 0.2) is 89.8 Å². The Hall–Kier alpha value is -4.18. The smallest absolute Gasteiger partial charge is 0.305 e. The van der Waals surface area contributed by atoms with Gasteiger partial charge in [-0.2, -0.15) is 5.10 Å². The van der Waals surface area contributed by atoms with Crippen molar-refractivity contribution in [1.29, 1.82) is 0 Å². The Morgan fingerprint density at radius 2 is 1.51 bits per heavy atom. The van der Waals surface area contributed by atoms with Crippen molar-refractivity contribution in [3.8, 4) is 22.4 Å². The number of aliphatic carboxylic acids is 1. The maximum Gasteiger partial charge on any atom is 0.305 e. The highest BCUT2D eigenvalue weighted by atomic mass is 35.5. The van der Waals surface area contributed by atoms with Gasteiger partial charge >= 0.3 is 5.97 Å². The van der Waals surface area contributed by atoms with Gasteiger partial charge in [-0.3, -0.25) is 14.3 Å². The monoisotopic (exact) mass is 635 g/mol. The van der Waals surface area contributed by atoms with Gasteiger partial charge in [0, 0.05) is 39.4 Å². The van der Waals surface area contributed by atoms with E-state index in [4.69, 9.17) is 33.4 Å². The van der Waals surface area contributed by atoms with Crippen molar-refractivity contribution in [3.63, 3.8) is 0 Å². The highest BCUT2D eigenvalue weighted by Crippen LogP contribution is 2.36. The number of carboxylic acids is 1. The minimum absolute atomic E-state index is 0.0429. The van der Waals surface area contributed by atoms with E-state index in [1.54, 1.807) is 54.6 Å². The molecule has 0 radical (unpaired) electrons. The lowest BCUT2D eigenvalue weighted by molar-refractivity contribution is -0.136. The van der Waals surface area contributed by atoms with Gasteiger partial charge in [0.25, 0.3) is 5.91 Å². The van der Waals surface area contributed by atoms with Crippen molar-refractivity contribution in [2.24, 2.45) is 0 Å². The molecule has 0 saturated heterocycles. The zero-order valence-electron chi connectivity index (χ0n) is 23.2. The summed E-state index contributed by atoms with van der Waals surface area (Å²) in [6.45, 7) is 2.04. The number of fused-ring (bicyclic) bond motifs is 1. The summed E-state index contributed by atoms with van der Waals surface area (Å²) in [5.74, 6) is -1.33. The Kier molecular flexibility index (Phi) is 8.59. The lowest BCUT2D eigenvalue weighted by atomic mass is 10.0. The van der Waals surface area contributed by atoms with Crippen molar-refractivity contribution >= 4 is 55.8 Å². The fraction of sp³-hybridized carbons (Fsp3) is 0.156. The third-order valence-corrected chi connectivity index (χ3v) is 8.67. The van der Waals surface area contributed by atoms with Crippen molar-refractivity contribution in [2.45, 2.75) is 24.3 Å². The van der Waals surface area contributed by atoms with E-state index in [0.717, 1.165) is 33.2 Å². The fourth-order valence-corrected chi connectivity index (χ4v) is 6.01. The summed E-state index contributed by atoms with van der Waals surface area (Å²) < 4.78 is 25.8.